The lowest BCUT2D eigenvalue weighted by Crippen LogP contribution is -2.57. The van der Waals surface area contributed by atoms with Crippen LogP contribution in [0.25, 0.3) is 0 Å². The molecule has 0 saturated carbocycles. The molecule has 3 heterocycles. The van der Waals surface area contributed by atoms with Crippen LogP contribution in [-0.2, 0) is 11.2 Å². The smallest absolute Gasteiger partial charge is 0.262 e. The first-order chi connectivity index (χ1) is 12.8. The zero-order chi connectivity index (χ0) is 19.2. The van der Waals surface area contributed by atoms with E-state index in [1.165, 1.54) is 5.56 Å². The van der Waals surface area contributed by atoms with E-state index in [1.54, 1.807) is 6.20 Å². The van der Waals surface area contributed by atoms with Gasteiger partial charge in [0.05, 0.1) is 16.8 Å². The van der Waals surface area contributed by atoms with Gasteiger partial charge in [-0.05, 0) is 57.9 Å². The molecule has 2 aromatic rings. The van der Waals surface area contributed by atoms with Crippen LogP contribution in [0.5, 0.6) is 0 Å². The molecule has 0 aliphatic carbocycles. The predicted octanol–water partition coefficient (Wildman–Crippen LogP) is 3.68. The molecule has 0 atom stereocenters. The lowest BCUT2D eigenvalue weighted by molar-refractivity contribution is -0.133. The normalized spacial score (nSPS) is 20.4. The Morgan fingerprint density at radius 2 is 1.74 bits per heavy atom. The van der Waals surface area contributed by atoms with Crippen molar-refractivity contribution in [3.63, 3.8) is 0 Å². The maximum Gasteiger partial charge on any atom is 0.262 e. The number of para-hydroxylation sites is 1. The molecular weight excluding hydrogens is 338 g/mol. The van der Waals surface area contributed by atoms with Gasteiger partial charge in [0.1, 0.15) is 5.82 Å². The number of amides is 1. The molecule has 5 nitrogen and oxygen atoms in total. The number of ether oxygens (including phenoxy) is 1. The molecule has 1 amide bonds. The zero-order valence-electron chi connectivity index (χ0n) is 16.5. The van der Waals surface area contributed by atoms with Gasteiger partial charge >= 0.3 is 0 Å². The molecule has 0 radical (unpaired) electrons. The van der Waals surface area contributed by atoms with Gasteiger partial charge in [-0.15, -0.1) is 0 Å². The van der Waals surface area contributed by atoms with Gasteiger partial charge in [-0.1, -0.05) is 18.2 Å². The number of carbonyl (C=O) groups is 1. The van der Waals surface area contributed by atoms with Crippen LogP contribution in [0.2, 0.25) is 0 Å². The maximum absolute atomic E-state index is 13.4. The molecule has 142 valence electrons. The minimum absolute atomic E-state index is 0.0187. The summed E-state index contributed by atoms with van der Waals surface area (Å²) < 4.78 is 6.19. The molecule has 0 bridgehead atoms. The number of fused-ring (bicyclic) bond motifs is 1. The molecule has 1 fully saturated rings. The predicted molar refractivity (Wildman–Crippen MR) is 108 cm³/mol. The van der Waals surface area contributed by atoms with Crippen LogP contribution in [-0.4, -0.2) is 41.7 Å². The minimum atomic E-state index is -0.306. The summed E-state index contributed by atoms with van der Waals surface area (Å²) in [4.78, 5) is 22.1. The summed E-state index contributed by atoms with van der Waals surface area (Å²) in [6, 6.07) is 11.9. The van der Waals surface area contributed by atoms with Gasteiger partial charge in [0.15, 0.2) is 0 Å². The van der Waals surface area contributed by atoms with Gasteiger partial charge in [-0.25, -0.2) is 4.98 Å². The second kappa shape index (κ2) is 6.34. The third kappa shape index (κ3) is 3.44. The number of pyridine rings is 1. The number of anilines is 2. The molecule has 1 saturated heterocycles. The molecule has 1 aromatic heterocycles. The van der Waals surface area contributed by atoms with Crippen LogP contribution >= 0.6 is 0 Å². The average molecular weight is 365 g/mol. The van der Waals surface area contributed by atoms with Crippen LogP contribution in [0.3, 0.4) is 0 Å². The number of benzene rings is 1. The second-order valence-corrected chi connectivity index (χ2v) is 8.69. The highest BCUT2D eigenvalue weighted by Gasteiger charge is 2.40. The van der Waals surface area contributed by atoms with E-state index in [2.05, 4.69) is 43.6 Å². The molecule has 0 spiro atoms. The van der Waals surface area contributed by atoms with Crippen molar-refractivity contribution in [1.82, 2.24) is 4.98 Å². The van der Waals surface area contributed by atoms with E-state index in [1.807, 2.05) is 35.2 Å². The summed E-state index contributed by atoms with van der Waals surface area (Å²) >= 11 is 0. The molecule has 27 heavy (non-hydrogen) atoms. The third-order valence-corrected chi connectivity index (χ3v) is 5.14. The average Bonchev–Trinajstić information content (AvgIpc) is 3.02. The van der Waals surface area contributed by atoms with Crippen LogP contribution in [0, 0.1) is 0 Å². The van der Waals surface area contributed by atoms with Crippen molar-refractivity contribution in [2.75, 3.05) is 29.4 Å². The lowest BCUT2D eigenvalue weighted by Gasteiger charge is -2.47. The number of hydrogen-bond donors (Lipinski definition) is 0. The Morgan fingerprint density at radius 3 is 2.48 bits per heavy atom. The Kier molecular flexibility index (Phi) is 4.22. The van der Waals surface area contributed by atoms with Crippen molar-refractivity contribution >= 4 is 17.4 Å². The summed E-state index contributed by atoms with van der Waals surface area (Å²) in [5.74, 6) is 0.765. The monoisotopic (exact) mass is 365 g/mol. The number of aromatic nitrogens is 1. The molecule has 4 rings (SSSR count). The van der Waals surface area contributed by atoms with Crippen LogP contribution in [0.4, 0.5) is 11.5 Å². The highest BCUT2D eigenvalue weighted by Crippen LogP contribution is 2.34. The van der Waals surface area contributed by atoms with Crippen LogP contribution < -0.4 is 9.80 Å². The minimum Gasteiger partial charge on any atom is -0.366 e. The van der Waals surface area contributed by atoms with Gasteiger partial charge < -0.3 is 14.5 Å². The molecular formula is C22H27N3O2. The fraction of sp³-hybridized carbons (Fsp3) is 0.455. The maximum atomic E-state index is 13.4. The summed E-state index contributed by atoms with van der Waals surface area (Å²) in [7, 11) is 0. The molecule has 2 aliphatic heterocycles. The summed E-state index contributed by atoms with van der Waals surface area (Å²) in [5.41, 5.74) is 2.28. The van der Waals surface area contributed by atoms with Crippen LogP contribution in [0.1, 0.15) is 43.6 Å². The quantitative estimate of drug-likeness (QED) is 0.814. The van der Waals surface area contributed by atoms with E-state index in [0.29, 0.717) is 25.2 Å². The SMILES string of the molecule is CC1(C)CN(c2ncccc2C(=O)N2CCc3ccccc32)CC(C)(C)O1. The standard InChI is InChI=1S/C22H27N3O2/c1-21(2)14-24(15-22(3,4)27-21)19-17(9-7-12-23-19)20(26)25-13-11-16-8-5-6-10-18(16)25/h5-10,12H,11,13-15H2,1-4H3. The van der Waals surface area contributed by atoms with Crippen molar-refractivity contribution < 1.29 is 9.53 Å². The van der Waals surface area contributed by atoms with Gasteiger partial charge in [0, 0.05) is 31.5 Å². The first-order valence-electron chi connectivity index (χ1n) is 9.56. The van der Waals surface area contributed by atoms with Crippen molar-refractivity contribution in [3.05, 3.63) is 53.7 Å². The topological polar surface area (TPSA) is 45.7 Å². The lowest BCUT2D eigenvalue weighted by atomic mass is 9.98. The van der Waals surface area contributed by atoms with Crippen molar-refractivity contribution in [3.8, 4) is 0 Å². The van der Waals surface area contributed by atoms with Crippen molar-refractivity contribution in [2.24, 2.45) is 0 Å². The first kappa shape index (κ1) is 18.0. The summed E-state index contributed by atoms with van der Waals surface area (Å²) in [5, 5.41) is 0. The Balaban J connectivity index is 1.69. The third-order valence-electron chi connectivity index (χ3n) is 5.14. The fourth-order valence-electron chi connectivity index (χ4n) is 4.45. The van der Waals surface area contributed by atoms with E-state index >= 15 is 0 Å². The highest BCUT2D eigenvalue weighted by molar-refractivity contribution is 6.10. The Hall–Kier alpha value is -2.40. The first-order valence-corrected chi connectivity index (χ1v) is 9.56. The van der Waals surface area contributed by atoms with Crippen molar-refractivity contribution in [1.29, 1.82) is 0 Å². The summed E-state index contributed by atoms with van der Waals surface area (Å²) in [6.07, 6.45) is 2.66. The Morgan fingerprint density at radius 1 is 1.04 bits per heavy atom. The van der Waals surface area contributed by atoms with Gasteiger partial charge in [0.25, 0.3) is 5.91 Å². The van der Waals surface area contributed by atoms with Gasteiger partial charge in [-0.2, -0.15) is 0 Å². The second-order valence-electron chi connectivity index (χ2n) is 8.69. The Bertz CT molecular complexity index is 859. The molecule has 1 aromatic carbocycles. The Labute approximate surface area is 161 Å². The van der Waals surface area contributed by atoms with E-state index in [4.69, 9.17) is 4.74 Å². The number of rotatable bonds is 2. The fourth-order valence-corrected chi connectivity index (χ4v) is 4.45. The molecule has 0 N–H and O–H groups in total. The summed E-state index contributed by atoms with van der Waals surface area (Å²) in [6.45, 7) is 10.5. The van der Waals surface area contributed by atoms with E-state index < -0.39 is 0 Å². The van der Waals surface area contributed by atoms with Crippen molar-refractivity contribution in [2.45, 2.75) is 45.3 Å². The van der Waals surface area contributed by atoms with Gasteiger partial charge in [0.2, 0.25) is 0 Å². The molecule has 5 heteroatoms. The number of nitrogens with zero attached hydrogens (tertiary/aromatic N) is 3. The number of carbonyl (C=O) groups excluding carboxylic acids is 1. The van der Waals surface area contributed by atoms with Crippen LogP contribution in [0.15, 0.2) is 42.6 Å². The van der Waals surface area contributed by atoms with E-state index in [9.17, 15) is 4.79 Å². The number of morpholine rings is 1. The highest BCUT2D eigenvalue weighted by atomic mass is 16.5. The molecule has 0 unspecified atom stereocenters. The zero-order valence-corrected chi connectivity index (χ0v) is 16.5. The number of hydrogen-bond acceptors (Lipinski definition) is 4. The largest absolute Gasteiger partial charge is 0.366 e. The van der Waals surface area contributed by atoms with E-state index in [0.717, 1.165) is 17.9 Å². The van der Waals surface area contributed by atoms with E-state index in [-0.39, 0.29) is 17.1 Å². The van der Waals surface area contributed by atoms with Gasteiger partial charge in [-0.3, -0.25) is 4.79 Å². The molecule has 2 aliphatic rings.